The Bertz CT molecular complexity index is 436. The summed E-state index contributed by atoms with van der Waals surface area (Å²) in [5, 5.41) is 3.80. The number of hydrogen-bond donors (Lipinski definition) is 2. The van der Waals surface area contributed by atoms with E-state index in [0.29, 0.717) is 17.5 Å². The molecule has 2 rings (SSSR count). The van der Waals surface area contributed by atoms with E-state index in [1.807, 2.05) is 13.0 Å². The molecule has 0 unspecified atom stereocenters. The molecule has 0 amide bonds. The SMILES string of the molecule is CCc1noc(-c2ccc(NN)nc2)n1. The first kappa shape index (κ1) is 9.60. The molecule has 2 aromatic rings. The summed E-state index contributed by atoms with van der Waals surface area (Å²) in [4.78, 5) is 8.23. The van der Waals surface area contributed by atoms with Gasteiger partial charge in [0.1, 0.15) is 5.82 Å². The number of nitrogens with two attached hydrogens (primary N) is 1. The van der Waals surface area contributed by atoms with E-state index in [4.69, 9.17) is 10.4 Å². The van der Waals surface area contributed by atoms with E-state index in [-0.39, 0.29) is 0 Å². The first-order valence-corrected chi connectivity index (χ1v) is 4.59. The molecule has 2 aromatic heterocycles. The maximum Gasteiger partial charge on any atom is 0.259 e. The van der Waals surface area contributed by atoms with Crippen LogP contribution < -0.4 is 11.3 Å². The highest BCUT2D eigenvalue weighted by atomic mass is 16.5. The van der Waals surface area contributed by atoms with E-state index in [9.17, 15) is 0 Å². The smallest absolute Gasteiger partial charge is 0.259 e. The second-order valence-electron chi connectivity index (χ2n) is 2.95. The van der Waals surface area contributed by atoms with Gasteiger partial charge in [-0.25, -0.2) is 10.8 Å². The molecule has 0 fully saturated rings. The molecule has 6 nitrogen and oxygen atoms in total. The van der Waals surface area contributed by atoms with Gasteiger partial charge < -0.3 is 9.95 Å². The Kier molecular flexibility index (Phi) is 2.59. The molecule has 0 aliphatic carbocycles. The molecule has 0 radical (unpaired) electrons. The van der Waals surface area contributed by atoms with Gasteiger partial charge >= 0.3 is 0 Å². The van der Waals surface area contributed by atoms with Crippen molar-refractivity contribution >= 4 is 5.82 Å². The van der Waals surface area contributed by atoms with Crippen LogP contribution >= 0.6 is 0 Å². The molecule has 0 aromatic carbocycles. The molecule has 0 saturated carbocycles. The minimum Gasteiger partial charge on any atom is -0.334 e. The van der Waals surface area contributed by atoms with Gasteiger partial charge in [-0.3, -0.25) is 0 Å². The summed E-state index contributed by atoms with van der Waals surface area (Å²) in [5.74, 6) is 6.95. The summed E-state index contributed by atoms with van der Waals surface area (Å²) < 4.78 is 5.06. The molecule has 0 aliphatic rings. The van der Waals surface area contributed by atoms with Gasteiger partial charge in [0, 0.05) is 12.6 Å². The summed E-state index contributed by atoms with van der Waals surface area (Å²) in [6.45, 7) is 1.97. The number of nitrogen functional groups attached to an aromatic ring is 1. The Morgan fingerprint density at radius 3 is 2.87 bits per heavy atom. The standard InChI is InChI=1S/C9H11N5O/c1-2-7-12-9(15-14-7)6-3-4-8(13-10)11-5-6/h3-5H,2,10H2,1H3,(H,11,13). The van der Waals surface area contributed by atoms with Crippen molar-refractivity contribution in [2.75, 3.05) is 5.43 Å². The molecule has 0 aliphatic heterocycles. The summed E-state index contributed by atoms with van der Waals surface area (Å²) >= 11 is 0. The van der Waals surface area contributed by atoms with Crippen molar-refractivity contribution in [2.45, 2.75) is 13.3 Å². The van der Waals surface area contributed by atoms with Crippen LogP contribution in [0.2, 0.25) is 0 Å². The third kappa shape index (κ3) is 1.94. The lowest BCUT2D eigenvalue weighted by atomic mass is 10.3. The monoisotopic (exact) mass is 205 g/mol. The number of nitrogens with one attached hydrogen (secondary N) is 1. The van der Waals surface area contributed by atoms with Crippen molar-refractivity contribution in [1.82, 2.24) is 15.1 Å². The number of aromatic nitrogens is 3. The van der Waals surface area contributed by atoms with Gasteiger partial charge in [-0.1, -0.05) is 12.1 Å². The van der Waals surface area contributed by atoms with Gasteiger partial charge in [0.25, 0.3) is 5.89 Å². The Labute approximate surface area is 86.5 Å². The quantitative estimate of drug-likeness (QED) is 0.573. The molecule has 0 spiro atoms. The molecule has 0 bridgehead atoms. The number of aryl methyl sites for hydroxylation is 1. The molecule has 0 atom stereocenters. The van der Waals surface area contributed by atoms with E-state index < -0.39 is 0 Å². The highest BCUT2D eigenvalue weighted by Crippen LogP contribution is 2.17. The second-order valence-corrected chi connectivity index (χ2v) is 2.95. The molecule has 6 heteroatoms. The lowest BCUT2D eigenvalue weighted by Gasteiger charge is -1.97. The number of anilines is 1. The van der Waals surface area contributed by atoms with Crippen LogP contribution in [0.5, 0.6) is 0 Å². The van der Waals surface area contributed by atoms with Crippen LogP contribution in [0.25, 0.3) is 11.5 Å². The minimum atomic E-state index is 0.475. The van der Waals surface area contributed by atoms with E-state index in [1.165, 1.54) is 0 Å². The van der Waals surface area contributed by atoms with Gasteiger partial charge in [-0.2, -0.15) is 4.98 Å². The maximum absolute atomic E-state index is 5.20. The van der Waals surface area contributed by atoms with E-state index in [2.05, 4.69) is 20.6 Å². The minimum absolute atomic E-state index is 0.475. The second kappa shape index (κ2) is 4.05. The average molecular weight is 205 g/mol. The van der Waals surface area contributed by atoms with Gasteiger partial charge in [-0.05, 0) is 12.1 Å². The highest BCUT2D eigenvalue weighted by molar-refractivity contribution is 5.53. The van der Waals surface area contributed by atoms with Crippen molar-refractivity contribution in [1.29, 1.82) is 0 Å². The van der Waals surface area contributed by atoms with Gasteiger partial charge in [0.2, 0.25) is 0 Å². The molecule has 15 heavy (non-hydrogen) atoms. The number of hydrazine groups is 1. The Balaban J connectivity index is 2.28. The van der Waals surface area contributed by atoms with Crippen LogP contribution in [0.15, 0.2) is 22.9 Å². The third-order valence-electron chi connectivity index (χ3n) is 1.94. The zero-order valence-electron chi connectivity index (χ0n) is 8.27. The first-order valence-electron chi connectivity index (χ1n) is 4.59. The van der Waals surface area contributed by atoms with Crippen LogP contribution in [0.4, 0.5) is 5.82 Å². The molecular weight excluding hydrogens is 194 g/mol. The molecular formula is C9H11N5O. The summed E-state index contributed by atoms with van der Waals surface area (Å²) in [7, 11) is 0. The van der Waals surface area contributed by atoms with Gasteiger partial charge in [0.05, 0.1) is 5.56 Å². The highest BCUT2D eigenvalue weighted by Gasteiger charge is 2.07. The lowest BCUT2D eigenvalue weighted by Crippen LogP contribution is -2.07. The average Bonchev–Trinajstić information content (AvgIpc) is 2.78. The van der Waals surface area contributed by atoms with Crippen molar-refractivity contribution in [3.05, 3.63) is 24.2 Å². The van der Waals surface area contributed by atoms with Crippen LogP contribution in [0, 0.1) is 0 Å². The molecule has 78 valence electrons. The number of pyridine rings is 1. The number of nitrogens with zero attached hydrogens (tertiary/aromatic N) is 3. The van der Waals surface area contributed by atoms with E-state index in [0.717, 1.165) is 12.0 Å². The van der Waals surface area contributed by atoms with Crippen LogP contribution in [-0.2, 0) is 6.42 Å². The summed E-state index contributed by atoms with van der Waals surface area (Å²) in [6.07, 6.45) is 2.38. The number of hydrogen-bond acceptors (Lipinski definition) is 6. The fraction of sp³-hybridized carbons (Fsp3) is 0.222. The van der Waals surface area contributed by atoms with Crippen LogP contribution in [0.3, 0.4) is 0 Å². The maximum atomic E-state index is 5.20. The lowest BCUT2D eigenvalue weighted by molar-refractivity contribution is 0.423. The topological polar surface area (TPSA) is 89.9 Å². The predicted octanol–water partition coefficient (Wildman–Crippen LogP) is 0.980. The van der Waals surface area contributed by atoms with Gasteiger partial charge in [0.15, 0.2) is 5.82 Å². The first-order chi connectivity index (χ1) is 7.33. The largest absolute Gasteiger partial charge is 0.334 e. The molecule has 2 heterocycles. The van der Waals surface area contributed by atoms with Crippen molar-refractivity contribution in [3.63, 3.8) is 0 Å². The normalized spacial score (nSPS) is 10.3. The van der Waals surface area contributed by atoms with Crippen molar-refractivity contribution < 1.29 is 4.52 Å². The van der Waals surface area contributed by atoms with E-state index >= 15 is 0 Å². The molecule has 0 saturated heterocycles. The van der Waals surface area contributed by atoms with Crippen molar-refractivity contribution in [2.24, 2.45) is 5.84 Å². The van der Waals surface area contributed by atoms with Crippen molar-refractivity contribution in [3.8, 4) is 11.5 Å². The fourth-order valence-electron chi connectivity index (χ4n) is 1.12. The Hall–Kier alpha value is -1.95. The molecule has 3 N–H and O–H groups in total. The van der Waals surface area contributed by atoms with Crippen LogP contribution in [-0.4, -0.2) is 15.1 Å². The Morgan fingerprint density at radius 1 is 1.47 bits per heavy atom. The van der Waals surface area contributed by atoms with E-state index in [1.54, 1.807) is 12.3 Å². The zero-order chi connectivity index (χ0) is 10.7. The zero-order valence-corrected chi connectivity index (χ0v) is 8.27. The summed E-state index contributed by atoms with van der Waals surface area (Å²) in [5.41, 5.74) is 3.22. The van der Waals surface area contributed by atoms with Gasteiger partial charge in [-0.15, -0.1) is 0 Å². The van der Waals surface area contributed by atoms with Crippen LogP contribution in [0.1, 0.15) is 12.7 Å². The Morgan fingerprint density at radius 2 is 2.33 bits per heavy atom. The fourth-order valence-corrected chi connectivity index (χ4v) is 1.12. The predicted molar refractivity (Wildman–Crippen MR) is 54.7 cm³/mol. The third-order valence-corrected chi connectivity index (χ3v) is 1.94. The summed E-state index contributed by atoms with van der Waals surface area (Å²) in [6, 6.07) is 3.56. The number of rotatable bonds is 3.